The molecule has 0 spiro atoms. The number of ether oxygens (including phenoxy) is 1. The van der Waals surface area contributed by atoms with E-state index in [2.05, 4.69) is 4.98 Å². The van der Waals surface area contributed by atoms with Crippen LogP contribution in [0.2, 0.25) is 0 Å². The third-order valence-electron chi connectivity index (χ3n) is 1.93. The molecule has 2 aromatic rings. The van der Waals surface area contributed by atoms with E-state index < -0.39 is 0 Å². The zero-order valence-electron chi connectivity index (χ0n) is 8.06. The van der Waals surface area contributed by atoms with Crippen LogP contribution in [-0.4, -0.2) is 4.98 Å². The monoisotopic (exact) mass is 203 g/mol. The predicted molar refractivity (Wildman–Crippen MR) is 55.0 cm³/mol. The molecule has 0 aliphatic heterocycles. The van der Waals surface area contributed by atoms with E-state index in [-0.39, 0.29) is 5.82 Å². The van der Waals surface area contributed by atoms with Gasteiger partial charge in [0.25, 0.3) is 0 Å². The fourth-order valence-electron chi connectivity index (χ4n) is 1.20. The van der Waals surface area contributed by atoms with Gasteiger partial charge in [-0.25, -0.2) is 9.37 Å². The fraction of sp³-hybridized carbons (Fsp3) is 0.0833. The van der Waals surface area contributed by atoms with Crippen LogP contribution < -0.4 is 4.74 Å². The normalized spacial score (nSPS) is 9.93. The van der Waals surface area contributed by atoms with E-state index in [1.165, 1.54) is 18.3 Å². The van der Waals surface area contributed by atoms with Crippen molar-refractivity contribution in [3.05, 3.63) is 60.0 Å². The van der Waals surface area contributed by atoms with Gasteiger partial charge < -0.3 is 4.74 Å². The molecular formula is C12H10FNO. The van der Waals surface area contributed by atoms with Crippen LogP contribution in [0.1, 0.15) is 5.56 Å². The summed E-state index contributed by atoms with van der Waals surface area (Å²) < 4.78 is 18.1. The number of pyridine rings is 1. The lowest BCUT2D eigenvalue weighted by Crippen LogP contribution is -1.96. The van der Waals surface area contributed by atoms with Crippen LogP contribution in [0.3, 0.4) is 0 Å². The van der Waals surface area contributed by atoms with Crippen LogP contribution in [0, 0.1) is 5.82 Å². The number of aromatic nitrogens is 1. The maximum Gasteiger partial charge on any atom is 0.216 e. The van der Waals surface area contributed by atoms with E-state index >= 15 is 0 Å². The summed E-state index contributed by atoms with van der Waals surface area (Å²) in [7, 11) is 0. The highest BCUT2D eigenvalue weighted by Gasteiger charge is 1.97. The Balaban J connectivity index is 1.99. The van der Waals surface area contributed by atoms with Gasteiger partial charge in [-0.2, -0.15) is 0 Å². The van der Waals surface area contributed by atoms with Gasteiger partial charge in [-0.05, 0) is 11.6 Å². The smallest absolute Gasteiger partial charge is 0.216 e. The minimum Gasteiger partial charge on any atom is -0.473 e. The summed E-state index contributed by atoms with van der Waals surface area (Å²) in [6.07, 6.45) is 1.38. The number of benzene rings is 1. The molecule has 0 fully saturated rings. The van der Waals surface area contributed by atoms with E-state index in [4.69, 9.17) is 4.74 Å². The summed E-state index contributed by atoms with van der Waals surface area (Å²) in [5.74, 6) is -0.0353. The molecule has 0 amide bonds. The van der Waals surface area contributed by atoms with Crippen molar-refractivity contribution in [1.82, 2.24) is 4.98 Å². The minimum absolute atomic E-state index is 0.304. The van der Waals surface area contributed by atoms with Gasteiger partial charge in [0, 0.05) is 12.3 Å². The van der Waals surface area contributed by atoms with Crippen molar-refractivity contribution >= 4 is 0 Å². The number of nitrogens with zero attached hydrogens (tertiary/aromatic N) is 1. The first-order chi connectivity index (χ1) is 7.34. The third-order valence-corrected chi connectivity index (χ3v) is 1.93. The molecule has 0 radical (unpaired) electrons. The second-order valence-corrected chi connectivity index (χ2v) is 3.09. The molecule has 15 heavy (non-hydrogen) atoms. The number of hydrogen-bond donors (Lipinski definition) is 0. The molecule has 2 nitrogen and oxygen atoms in total. The first-order valence-electron chi connectivity index (χ1n) is 4.63. The molecule has 0 saturated heterocycles. The lowest BCUT2D eigenvalue weighted by atomic mass is 10.2. The summed E-state index contributed by atoms with van der Waals surface area (Å²) >= 11 is 0. The van der Waals surface area contributed by atoms with Gasteiger partial charge in [-0.15, -0.1) is 0 Å². The topological polar surface area (TPSA) is 22.1 Å². The number of hydrogen-bond acceptors (Lipinski definition) is 2. The SMILES string of the molecule is Fc1ccnc(OCc2ccccc2)c1. The van der Waals surface area contributed by atoms with Crippen LogP contribution in [0.15, 0.2) is 48.7 Å². The molecule has 76 valence electrons. The third kappa shape index (κ3) is 2.77. The van der Waals surface area contributed by atoms with Crippen molar-refractivity contribution in [3.8, 4) is 5.88 Å². The van der Waals surface area contributed by atoms with Crippen LogP contribution in [-0.2, 0) is 6.61 Å². The highest BCUT2D eigenvalue weighted by molar-refractivity contribution is 5.16. The fourth-order valence-corrected chi connectivity index (χ4v) is 1.20. The van der Waals surface area contributed by atoms with Gasteiger partial charge in [-0.1, -0.05) is 30.3 Å². The van der Waals surface area contributed by atoms with Crippen molar-refractivity contribution in [2.75, 3.05) is 0 Å². The van der Waals surface area contributed by atoms with E-state index in [1.54, 1.807) is 0 Å². The average molecular weight is 203 g/mol. The predicted octanol–water partition coefficient (Wildman–Crippen LogP) is 2.80. The first kappa shape index (κ1) is 9.65. The summed E-state index contributed by atoms with van der Waals surface area (Å²) in [6, 6.07) is 12.2. The van der Waals surface area contributed by atoms with Crippen molar-refractivity contribution in [2.45, 2.75) is 6.61 Å². The molecule has 0 unspecified atom stereocenters. The summed E-state index contributed by atoms with van der Waals surface area (Å²) in [4.78, 5) is 3.89. The van der Waals surface area contributed by atoms with Crippen molar-refractivity contribution in [3.63, 3.8) is 0 Å². The van der Waals surface area contributed by atoms with Gasteiger partial charge in [0.1, 0.15) is 12.4 Å². The largest absolute Gasteiger partial charge is 0.473 e. The second-order valence-electron chi connectivity index (χ2n) is 3.09. The van der Waals surface area contributed by atoms with Gasteiger partial charge in [0.2, 0.25) is 5.88 Å². The van der Waals surface area contributed by atoms with Crippen LogP contribution in [0.25, 0.3) is 0 Å². The van der Waals surface area contributed by atoms with Gasteiger partial charge in [0.05, 0.1) is 0 Å². The van der Waals surface area contributed by atoms with Crippen LogP contribution >= 0.6 is 0 Å². The zero-order valence-corrected chi connectivity index (χ0v) is 8.06. The van der Waals surface area contributed by atoms with E-state index in [9.17, 15) is 4.39 Å². The molecule has 1 aromatic carbocycles. The van der Waals surface area contributed by atoms with Gasteiger partial charge in [-0.3, -0.25) is 0 Å². The molecule has 0 aliphatic carbocycles. The highest BCUT2D eigenvalue weighted by atomic mass is 19.1. The Morgan fingerprint density at radius 2 is 1.93 bits per heavy atom. The first-order valence-corrected chi connectivity index (χ1v) is 4.63. The summed E-state index contributed by atoms with van der Waals surface area (Å²) in [5, 5.41) is 0. The Morgan fingerprint density at radius 3 is 2.67 bits per heavy atom. The van der Waals surface area contributed by atoms with Crippen molar-refractivity contribution < 1.29 is 9.13 Å². The standard InChI is InChI=1S/C12H10FNO/c13-11-6-7-14-12(8-11)15-9-10-4-2-1-3-5-10/h1-8H,9H2. The van der Waals surface area contributed by atoms with Gasteiger partial charge >= 0.3 is 0 Å². The molecule has 0 aliphatic rings. The highest BCUT2D eigenvalue weighted by Crippen LogP contribution is 2.10. The molecule has 0 atom stereocenters. The molecule has 2 rings (SSSR count). The van der Waals surface area contributed by atoms with E-state index in [1.807, 2.05) is 30.3 Å². The van der Waals surface area contributed by atoms with Crippen LogP contribution in [0.5, 0.6) is 5.88 Å². The van der Waals surface area contributed by atoms with Gasteiger partial charge in [0.15, 0.2) is 0 Å². The molecule has 0 bridgehead atoms. The molecule has 1 heterocycles. The maximum atomic E-state index is 12.8. The second kappa shape index (κ2) is 4.55. The molecule has 1 aromatic heterocycles. The Labute approximate surface area is 87.4 Å². The Morgan fingerprint density at radius 1 is 1.13 bits per heavy atom. The molecular weight excluding hydrogens is 193 g/mol. The lowest BCUT2D eigenvalue weighted by molar-refractivity contribution is 0.292. The quantitative estimate of drug-likeness (QED) is 0.765. The van der Waals surface area contributed by atoms with Crippen molar-refractivity contribution in [2.24, 2.45) is 0 Å². The maximum absolute atomic E-state index is 12.8. The lowest BCUT2D eigenvalue weighted by Gasteiger charge is -2.04. The Hall–Kier alpha value is -1.90. The number of halogens is 1. The molecule has 0 saturated carbocycles. The Bertz CT molecular complexity index is 431. The summed E-state index contributed by atoms with van der Waals surface area (Å²) in [6.45, 7) is 0.400. The minimum atomic E-state index is -0.340. The van der Waals surface area contributed by atoms with Crippen molar-refractivity contribution in [1.29, 1.82) is 0 Å². The van der Waals surface area contributed by atoms with Crippen LogP contribution in [0.4, 0.5) is 4.39 Å². The molecule has 3 heteroatoms. The molecule has 0 N–H and O–H groups in total. The zero-order chi connectivity index (χ0) is 10.5. The number of rotatable bonds is 3. The Kier molecular flexibility index (Phi) is 2.93. The van der Waals surface area contributed by atoms with E-state index in [0.29, 0.717) is 12.5 Å². The summed E-state index contributed by atoms with van der Waals surface area (Å²) in [5.41, 5.74) is 1.03. The average Bonchev–Trinajstić information content (AvgIpc) is 2.28. The van der Waals surface area contributed by atoms with E-state index in [0.717, 1.165) is 5.56 Å².